The number of rotatable bonds is 3. The molecule has 0 atom stereocenters. The second-order valence-electron chi connectivity index (χ2n) is 4.07. The van der Waals surface area contributed by atoms with Gasteiger partial charge in [-0.15, -0.1) is 0 Å². The third-order valence-corrected chi connectivity index (χ3v) is 1.92. The molecule has 6 nitrogen and oxygen atoms in total. The molecule has 0 fully saturated rings. The number of aromatic nitrogens is 2. The Morgan fingerprint density at radius 3 is 2.80 bits per heavy atom. The third-order valence-electron chi connectivity index (χ3n) is 1.92. The summed E-state index contributed by atoms with van der Waals surface area (Å²) in [5.41, 5.74) is 5.74. The van der Waals surface area contributed by atoms with Crippen molar-refractivity contribution in [1.29, 1.82) is 0 Å². The predicted molar refractivity (Wildman–Crippen MR) is 58.5 cm³/mol. The Kier molecular flexibility index (Phi) is 3.31. The van der Waals surface area contributed by atoms with Crippen LogP contribution < -0.4 is 16.4 Å². The van der Waals surface area contributed by atoms with Crippen LogP contribution in [-0.4, -0.2) is 27.9 Å². The summed E-state index contributed by atoms with van der Waals surface area (Å²) in [6.07, 6.45) is 3.30. The molecule has 1 rings (SSSR count). The summed E-state index contributed by atoms with van der Waals surface area (Å²) in [5, 5.41) is 9.35. The van der Waals surface area contributed by atoms with E-state index in [9.17, 15) is 4.79 Å². The monoisotopic (exact) mass is 211 g/mol. The van der Waals surface area contributed by atoms with Crippen molar-refractivity contribution in [3.63, 3.8) is 0 Å². The van der Waals surface area contributed by atoms with Crippen molar-refractivity contribution < 1.29 is 4.79 Å². The number of nitrogens with one attached hydrogen (secondary N) is 2. The number of hydrogen-bond acceptors (Lipinski definition) is 3. The number of urea groups is 1. The van der Waals surface area contributed by atoms with Crippen LogP contribution >= 0.6 is 0 Å². The molecule has 0 radical (unpaired) electrons. The molecule has 2 amide bonds. The molecule has 0 aliphatic rings. The molecule has 84 valence electrons. The number of hydrogen-bond donors (Lipinski definition) is 3. The first kappa shape index (κ1) is 11.5. The van der Waals surface area contributed by atoms with Gasteiger partial charge in [0.15, 0.2) is 0 Å². The standard InChI is InChI=1S/C9H17N5O/c1-9(2,6-10)13-8(15)12-7-4-11-14(3)5-7/h4-5H,6,10H2,1-3H3,(H2,12,13,15). The van der Waals surface area contributed by atoms with Crippen LogP contribution in [0.25, 0.3) is 0 Å². The van der Waals surface area contributed by atoms with E-state index < -0.39 is 5.54 Å². The lowest BCUT2D eigenvalue weighted by Gasteiger charge is -2.23. The Morgan fingerprint density at radius 2 is 2.33 bits per heavy atom. The molecule has 0 unspecified atom stereocenters. The van der Waals surface area contributed by atoms with Gasteiger partial charge in [-0.2, -0.15) is 5.10 Å². The van der Waals surface area contributed by atoms with E-state index in [2.05, 4.69) is 15.7 Å². The molecule has 4 N–H and O–H groups in total. The van der Waals surface area contributed by atoms with Gasteiger partial charge in [0.05, 0.1) is 11.9 Å². The van der Waals surface area contributed by atoms with E-state index in [1.807, 2.05) is 13.8 Å². The minimum absolute atomic E-state index is 0.279. The number of amides is 2. The lowest BCUT2D eigenvalue weighted by Crippen LogP contribution is -2.50. The highest BCUT2D eigenvalue weighted by Crippen LogP contribution is 2.04. The van der Waals surface area contributed by atoms with Crippen LogP contribution in [0.3, 0.4) is 0 Å². The maximum Gasteiger partial charge on any atom is 0.319 e. The van der Waals surface area contributed by atoms with Crippen molar-refractivity contribution in [3.8, 4) is 0 Å². The number of anilines is 1. The van der Waals surface area contributed by atoms with E-state index in [-0.39, 0.29) is 6.03 Å². The number of carbonyl (C=O) groups excluding carboxylic acids is 1. The molecule has 0 saturated heterocycles. The molecular formula is C9H17N5O. The van der Waals surface area contributed by atoms with Gasteiger partial charge in [-0.05, 0) is 13.8 Å². The molecular weight excluding hydrogens is 194 g/mol. The van der Waals surface area contributed by atoms with Crippen LogP contribution in [-0.2, 0) is 7.05 Å². The fraction of sp³-hybridized carbons (Fsp3) is 0.556. The van der Waals surface area contributed by atoms with E-state index in [0.717, 1.165) is 0 Å². The summed E-state index contributed by atoms with van der Waals surface area (Å²) < 4.78 is 1.61. The van der Waals surface area contributed by atoms with Crippen molar-refractivity contribution in [1.82, 2.24) is 15.1 Å². The SMILES string of the molecule is Cn1cc(NC(=O)NC(C)(C)CN)cn1. The number of nitrogens with two attached hydrogens (primary N) is 1. The summed E-state index contributed by atoms with van der Waals surface area (Å²) in [6, 6.07) is -0.279. The second-order valence-corrected chi connectivity index (χ2v) is 4.07. The normalized spacial score (nSPS) is 11.2. The summed E-state index contributed by atoms with van der Waals surface area (Å²) >= 11 is 0. The second kappa shape index (κ2) is 4.31. The van der Waals surface area contributed by atoms with E-state index >= 15 is 0 Å². The van der Waals surface area contributed by atoms with E-state index in [0.29, 0.717) is 12.2 Å². The lowest BCUT2D eigenvalue weighted by atomic mass is 10.1. The van der Waals surface area contributed by atoms with E-state index in [4.69, 9.17) is 5.73 Å². The number of aryl methyl sites for hydroxylation is 1. The predicted octanol–water partition coefficient (Wildman–Crippen LogP) is 0.279. The van der Waals surface area contributed by atoms with E-state index in [1.165, 1.54) is 0 Å². The molecule has 0 aromatic carbocycles. The fourth-order valence-electron chi connectivity index (χ4n) is 1.01. The Morgan fingerprint density at radius 1 is 1.67 bits per heavy atom. The van der Waals surface area contributed by atoms with Crippen LogP contribution in [0.4, 0.5) is 10.5 Å². The van der Waals surface area contributed by atoms with Gasteiger partial charge in [0.1, 0.15) is 0 Å². The highest BCUT2D eigenvalue weighted by Gasteiger charge is 2.18. The van der Waals surface area contributed by atoms with Gasteiger partial charge in [-0.3, -0.25) is 4.68 Å². The van der Waals surface area contributed by atoms with Gasteiger partial charge < -0.3 is 16.4 Å². The summed E-state index contributed by atoms with van der Waals surface area (Å²) in [7, 11) is 1.78. The van der Waals surface area contributed by atoms with Crippen molar-refractivity contribution in [2.24, 2.45) is 12.8 Å². The quantitative estimate of drug-likeness (QED) is 0.671. The Hall–Kier alpha value is -1.56. The van der Waals surface area contributed by atoms with Crippen LogP contribution in [0.15, 0.2) is 12.4 Å². The molecule has 1 aromatic rings. The Bertz CT molecular complexity index is 344. The van der Waals surface area contributed by atoms with Crippen LogP contribution in [0.5, 0.6) is 0 Å². The molecule has 0 bridgehead atoms. The third kappa shape index (κ3) is 3.59. The number of carbonyl (C=O) groups is 1. The lowest BCUT2D eigenvalue weighted by molar-refractivity contribution is 0.242. The smallest absolute Gasteiger partial charge is 0.319 e. The minimum atomic E-state index is -0.410. The largest absolute Gasteiger partial charge is 0.332 e. The van der Waals surface area contributed by atoms with Gasteiger partial charge >= 0.3 is 6.03 Å². The number of nitrogens with zero attached hydrogens (tertiary/aromatic N) is 2. The average Bonchev–Trinajstić information content (AvgIpc) is 2.50. The zero-order valence-corrected chi connectivity index (χ0v) is 9.24. The summed E-state index contributed by atoms with van der Waals surface area (Å²) in [6.45, 7) is 4.10. The molecule has 6 heteroatoms. The highest BCUT2D eigenvalue weighted by molar-refractivity contribution is 5.89. The maximum atomic E-state index is 11.5. The maximum absolute atomic E-state index is 11.5. The van der Waals surface area contributed by atoms with Gasteiger partial charge in [0.2, 0.25) is 0 Å². The molecule has 0 aliphatic heterocycles. The van der Waals surface area contributed by atoms with E-state index in [1.54, 1.807) is 24.1 Å². The first-order valence-corrected chi connectivity index (χ1v) is 4.71. The molecule has 15 heavy (non-hydrogen) atoms. The van der Waals surface area contributed by atoms with Crippen LogP contribution in [0, 0.1) is 0 Å². The summed E-state index contributed by atoms with van der Waals surface area (Å²) in [4.78, 5) is 11.5. The van der Waals surface area contributed by atoms with Crippen molar-refractivity contribution in [2.45, 2.75) is 19.4 Å². The van der Waals surface area contributed by atoms with Gasteiger partial charge in [-0.25, -0.2) is 4.79 Å². The van der Waals surface area contributed by atoms with Crippen LogP contribution in [0.2, 0.25) is 0 Å². The molecule has 0 spiro atoms. The van der Waals surface area contributed by atoms with Gasteiger partial charge in [0.25, 0.3) is 0 Å². The fourth-order valence-corrected chi connectivity index (χ4v) is 1.01. The summed E-state index contributed by atoms with van der Waals surface area (Å²) in [5.74, 6) is 0. The Labute approximate surface area is 88.8 Å². The van der Waals surface area contributed by atoms with Gasteiger partial charge in [0, 0.05) is 25.3 Å². The molecule has 1 aromatic heterocycles. The Balaban J connectivity index is 2.50. The van der Waals surface area contributed by atoms with Crippen molar-refractivity contribution in [2.75, 3.05) is 11.9 Å². The van der Waals surface area contributed by atoms with Crippen molar-refractivity contribution in [3.05, 3.63) is 12.4 Å². The van der Waals surface area contributed by atoms with Gasteiger partial charge in [-0.1, -0.05) is 0 Å². The average molecular weight is 211 g/mol. The first-order valence-electron chi connectivity index (χ1n) is 4.71. The zero-order chi connectivity index (χ0) is 11.5. The first-order chi connectivity index (χ1) is 6.93. The molecule has 0 saturated carbocycles. The van der Waals surface area contributed by atoms with Crippen LogP contribution in [0.1, 0.15) is 13.8 Å². The molecule has 0 aliphatic carbocycles. The topological polar surface area (TPSA) is 85.0 Å². The zero-order valence-electron chi connectivity index (χ0n) is 9.24. The minimum Gasteiger partial charge on any atom is -0.332 e. The molecule has 1 heterocycles. The highest BCUT2D eigenvalue weighted by atomic mass is 16.2. The van der Waals surface area contributed by atoms with Crippen molar-refractivity contribution >= 4 is 11.7 Å².